The fraction of sp³-hybridized carbons (Fsp3) is 0.600. The van der Waals surface area contributed by atoms with Gasteiger partial charge in [-0.3, -0.25) is 9.89 Å². The molecule has 15 heavy (non-hydrogen) atoms. The Morgan fingerprint density at radius 1 is 1.60 bits per heavy atom. The molecule has 1 heterocycles. The molecular formula is C10H17N3O2. The summed E-state index contributed by atoms with van der Waals surface area (Å²) in [5.41, 5.74) is -0.114. The van der Waals surface area contributed by atoms with Crippen molar-refractivity contribution >= 4 is 5.91 Å². The third-order valence-corrected chi connectivity index (χ3v) is 2.78. The fourth-order valence-electron chi connectivity index (χ4n) is 1.38. The number of aliphatic hydroxyl groups is 1. The van der Waals surface area contributed by atoms with Gasteiger partial charge in [-0.05, 0) is 18.9 Å². The molecule has 1 amide bonds. The van der Waals surface area contributed by atoms with Crippen LogP contribution in [0, 0.1) is 0 Å². The third-order valence-electron chi connectivity index (χ3n) is 2.78. The van der Waals surface area contributed by atoms with Crippen molar-refractivity contribution in [3.8, 4) is 0 Å². The van der Waals surface area contributed by atoms with Gasteiger partial charge in [0.2, 0.25) is 0 Å². The van der Waals surface area contributed by atoms with Crippen molar-refractivity contribution in [2.45, 2.75) is 32.2 Å². The molecule has 0 spiro atoms. The molecule has 0 unspecified atom stereocenters. The van der Waals surface area contributed by atoms with Crippen LogP contribution in [0.25, 0.3) is 0 Å². The molecule has 5 heteroatoms. The fourth-order valence-corrected chi connectivity index (χ4v) is 1.38. The maximum atomic E-state index is 11.7. The van der Waals surface area contributed by atoms with E-state index >= 15 is 0 Å². The highest BCUT2D eigenvalue weighted by atomic mass is 16.3. The molecule has 0 aromatic carbocycles. The molecule has 84 valence electrons. The summed E-state index contributed by atoms with van der Waals surface area (Å²) in [6, 6.07) is 1.60. The molecular weight excluding hydrogens is 194 g/mol. The summed E-state index contributed by atoms with van der Waals surface area (Å²) < 4.78 is 0. The van der Waals surface area contributed by atoms with Gasteiger partial charge >= 0.3 is 0 Å². The van der Waals surface area contributed by atoms with Gasteiger partial charge in [0, 0.05) is 6.20 Å². The first kappa shape index (κ1) is 11.7. The van der Waals surface area contributed by atoms with Gasteiger partial charge in [0.15, 0.2) is 0 Å². The molecule has 0 aliphatic heterocycles. The van der Waals surface area contributed by atoms with Gasteiger partial charge < -0.3 is 10.4 Å². The Bertz CT molecular complexity index is 296. The Kier molecular flexibility index (Phi) is 3.85. The number of hydrogen-bond acceptors (Lipinski definition) is 3. The zero-order valence-electron chi connectivity index (χ0n) is 9.08. The van der Waals surface area contributed by atoms with E-state index in [4.69, 9.17) is 0 Å². The number of nitrogens with one attached hydrogen (secondary N) is 2. The zero-order valence-corrected chi connectivity index (χ0v) is 9.08. The van der Waals surface area contributed by atoms with E-state index in [1.54, 1.807) is 6.07 Å². The number of carbonyl (C=O) groups excluding carboxylic acids is 1. The number of nitrogens with zero attached hydrogens (tertiary/aromatic N) is 1. The minimum Gasteiger partial charge on any atom is -0.394 e. The van der Waals surface area contributed by atoms with E-state index in [9.17, 15) is 9.90 Å². The van der Waals surface area contributed by atoms with Crippen LogP contribution in [-0.4, -0.2) is 33.4 Å². The summed E-state index contributed by atoms with van der Waals surface area (Å²) >= 11 is 0. The van der Waals surface area contributed by atoms with Crippen LogP contribution in [0.2, 0.25) is 0 Å². The minimum atomic E-state index is -0.526. The Balaban J connectivity index is 2.71. The van der Waals surface area contributed by atoms with Gasteiger partial charge in [-0.15, -0.1) is 0 Å². The standard InChI is InChI=1S/C10H17N3O2/c1-3-10(4-2,7-14)12-9(15)8-5-6-11-13-8/h5-6,14H,3-4,7H2,1-2H3,(H,11,13)(H,12,15). The lowest BCUT2D eigenvalue weighted by Gasteiger charge is -2.30. The van der Waals surface area contributed by atoms with E-state index < -0.39 is 5.54 Å². The van der Waals surface area contributed by atoms with Crippen LogP contribution in [0.3, 0.4) is 0 Å². The second-order valence-corrected chi connectivity index (χ2v) is 3.57. The molecule has 0 bridgehead atoms. The largest absolute Gasteiger partial charge is 0.394 e. The van der Waals surface area contributed by atoms with E-state index in [1.807, 2.05) is 13.8 Å². The summed E-state index contributed by atoms with van der Waals surface area (Å²) in [4.78, 5) is 11.7. The molecule has 0 radical (unpaired) electrons. The van der Waals surface area contributed by atoms with Gasteiger partial charge in [-0.2, -0.15) is 5.10 Å². The monoisotopic (exact) mass is 211 g/mol. The number of hydrogen-bond donors (Lipinski definition) is 3. The quantitative estimate of drug-likeness (QED) is 0.670. The van der Waals surface area contributed by atoms with Gasteiger partial charge in [0.25, 0.3) is 5.91 Å². The number of amides is 1. The van der Waals surface area contributed by atoms with Crippen LogP contribution in [0.15, 0.2) is 12.3 Å². The normalized spacial score (nSPS) is 11.4. The summed E-state index contributed by atoms with van der Waals surface area (Å²) in [5.74, 6) is -0.231. The number of aromatic amines is 1. The SMILES string of the molecule is CCC(CC)(CO)NC(=O)c1ccn[nH]1. The van der Waals surface area contributed by atoms with Crippen molar-refractivity contribution in [3.63, 3.8) is 0 Å². The average molecular weight is 211 g/mol. The summed E-state index contributed by atoms with van der Waals surface area (Å²) in [6.07, 6.45) is 2.91. The van der Waals surface area contributed by atoms with Crippen LogP contribution >= 0.6 is 0 Å². The predicted molar refractivity (Wildman–Crippen MR) is 56.5 cm³/mol. The molecule has 1 rings (SSSR count). The molecule has 1 aromatic heterocycles. The van der Waals surface area contributed by atoms with Crippen LogP contribution in [0.1, 0.15) is 37.2 Å². The van der Waals surface area contributed by atoms with Crippen LogP contribution in [0.4, 0.5) is 0 Å². The molecule has 5 nitrogen and oxygen atoms in total. The molecule has 0 saturated heterocycles. The second kappa shape index (κ2) is 4.93. The Hall–Kier alpha value is -1.36. The maximum Gasteiger partial charge on any atom is 0.269 e. The maximum absolute atomic E-state index is 11.7. The number of rotatable bonds is 5. The highest BCUT2D eigenvalue weighted by molar-refractivity contribution is 5.92. The van der Waals surface area contributed by atoms with Crippen molar-refractivity contribution in [3.05, 3.63) is 18.0 Å². The van der Waals surface area contributed by atoms with Crippen LogP contribution < -0.4 is 5.32 Å². The van der Waals surface area contributed by atoms with E-state index in [2.05, 4.69) is 15.5 Å². The van der Waals surface area contributed by atoms with E-state index in [1.165, 1.54) is 6.20 Å². The molecule has 0 atom stereocenters. The summed E-state index contributed by atoms with van der Waals surface area (Å²) in [5, 5.41) is 18.4. The van der Waals surface area contributed by atoms with Gasteiger partial charge in [0.1, 0.15) is 5.69 Å². The van der Waals surface area contributed by atoms with Gasteiger partial charge in [-0.1, -0.05) is 13.8 Å². The smallest absolute Gasteiger partial charge is 0.269 e. The first-order chi connectivity index (χ1) is 7.17. The number of carbonyl (C=O) groups is 1. The highest BCUT2D eigenvalue weighted by Gasteiger charge is 2.27. The Morgan fingerprint density at radius 3 is 2.67 bits per heavy atom. The average Bonchev–Trinajstić information content (AvgIpc) is 2.79. The number of aliphatic hydroxyl groups excluding tert-OH is 1. The predicted octanol–water partition coefficient (Wildman–Crippen LogP) is 0.691. The molecule has 0 fully saturated rings. The Labute approximate surface area is 88.9 Å². The van der Waals surface area contributed by atoms with Crippen LogP contribution in [-0.2, 0) is 0 Å². The van der Waals surface area contributed by atoms with Crippen molar-refractivity contribution in [2.24, 2.45) is 0 Å². The van der Waals surface area contributed by atoms with E-state index in [-0.39, 0.29) is 12.5 Å². The van der Waals surface area contributed by atoms with Crippen molar-refractivity contribution < 1.29 is 9.90 Å². The number of H-pyrrole nitrogens is 1. The summed E-state index contributed by atoms with van der Waals surface area (Å²) in [6.45, 7) is 3.82. The topological polar surface area (TPSA) is 78.0 Å². The van der Waals surface area contributed by atoms with Gasteiger partial charge in [0.05, 0.1) is 12.1 Å². The van der Waals surface area contributed by atoms with E-state index in [0.717, 1.165) is 0 Å². The third kappa shape index (κ3) is 2.56. The lowest BCUT2D eigenvalue weighted by molar-refractivity contribution is 0.0813. The molecule has 0 aliphatic carbocycles. The number of aromatic nitrogens is 2. The second-order valence-electron chi connectivity index (χ2n) is 3.57. The molecule has 1 aromatic rings. The van der Waals surface area contributed by atoms with Crippen molar-refractivity contribution in [1.29, 1.82) is 0 Å². The lowest BCUT2D eigenvalue weighted by atomic mass is 9.94. The van der Waals surface area contributed by atoms with Crippen molar-refractivity contribution in [2.75, 3.05) is 6.61 Å². The van der Waals surface area contributed by atoms with E-state index in [0.29, 0.717) is 18.5 Å². The lowest BCUT2D eigenvalue weighted by Crippen LogP contribution is -2.50. The molecule has 3 N–H and O–H groups in total. The Morgan fingerprint density at radius 2 is 2.27 bits per heavy atom. The first-order valence-corrected chi connectivity index (χ1v) is 5.10. The molecule has 0 aliphatic rings. The molecule has 0 saturated carbocycles. The first-order valence-electron chi connectivity index (χ1n) is 5.10. The summed E-state index contributed by atoms with van der Waals surface area (Å²) in [7, 11) is 0. The zero-order chi connectivity index (χ0) is 11.3. The van der Waals surface area contributed by atoms with Crippen LogP contribution in [0.5, 0.6) is 0 Å². The van der Waals surface area contributed by atoms with Gasteiger partial charge in [-0.25, -0.2) is 0 Å². The van der Waals surface area contributed by atoms with Crippen molar-refractivity contribution in [1.82, 2.24) is 15.5 Å². The minimum absolute atomic E-state index is 0.0557. The highest BCUT2D eigenvalue weighted by Crippen LogP contribution is 2.14.